The van der Waals surface area contributed by atoms with Gasteiger partial charge in [-0.05, 0) is 42.8 Å². The van der Waals surface area contributed by atoms with E-state index >= 15 is 0 Å². The van der Waals surface area contributed by atoms with Gasteiger partial charge in [-0.1, -0.05) is 0 Å². The largest absolute Gasteiger partial charge is 0.322 e. The van der Waals surface area contributed by atoms with Gasteiger partial charge in [-0.3, -0.25) is 19.7 Å². The first-order chi connectivity index (χ1) is 10.0. The molecule has 0 aliphatic carbocycles. The lowest BCUT2D eigenvalue weighted by Crippen LogP contribution is -2.13. The zero-order chi connectivity index (χ0) is 15.4. The Hall–Kier alpha value is -3.02. The van der Waals surface area contributed by atoms with Crippen LogP contribution in [0.25, 0.3) is 0 Å². The van der Waals surface area contributed by atoms with Crippen molar-refractivity contribution in [3.05, 3.63) is 69.3 Å². The van der Waals surface area contributed by atoms with Crippen LogP contribution in [0.1, 0.15) is 26.3 Å². The fourth-order valence-corrected chi connectivity index (χ4v) is 1.86. The predicted molar refractivity (Wildman–Crippen MR) is 77.6 cm³/mol. The first-order valence-corrected chi connectivity index (χ1v) is 6.13. The van der Waals surface area contributed by atoms with Crippen LogP contribution >= 0.6 is 0 Å². The summed E-state index contributed by atoms with van der Waals surface area (Å²) in [6, 6.07) is 10.5. The fourth-order valence-electron chi connectivity index (χ4n) is 1.86. The molecule has 6 heteroatoms. The Kier molecular flexibility index (Phi) is 4.08. The van der Waals surface area contributed by atoms with Crippen molar-refractivity contribution in [2.75, 3.05) is 5.32 Å². The summed E-state index contributed by atoms with van der Waals surface area (Å²) in [5.41, 5.74) is 1.88. The van der Waals surface area contributed by atoms with Crippen molar-refractivity contribution >= 4 is 23.6 Å². The van der Waals surface area contributed by atoms with Crippen molar-refractivity contribution in [1.29, 1.82) is 0 Å². The summed E-state index contributed by atoms with van der Waals surface area (Å²) in [5, 5.41) is 13.3. The molecule has 0 aliphatic rings. The average Bonchev–Trinajstić information content (AvgIpc) is 2.47. The number of rotatable bonds is 4. The summed E-state index contributed by atoms with van der Waals surface area (Å²) in [4.78, 5) is 32.8. The predicted octanol–water partition coefficient (Wildman–Crippen LogP) is 2.97. The lowest BCUT2D eigenvalue weighted by Gasteiger charge is -2.07. The fraction of sp³-hybridized carbons (Fsp3) is 0.0667. The molecule has 0 saturated carbocycles. The van der Waals surface area contributed by atoms with Crippen LogP contribution in [-0.4, -0.2) is 17.1 Å². The molecule has 0 aromatic heterocycles. The Morgan fingerprint density at radius 1 is 1.19 bits per heavy atom. The molecule has 2 rings (SSSR count). The van der Waals surface area contributed by atoms with Gasteiger partial charge in [0, 0.05) is 28.9 Å². The van der Waals surface area contributed by atoms with Gasteiger partial charge in [0.25, 0.3) is 11.6 Å². The monoisotopic (exact) mass is 284 g/mol. The number of hydrogen-bond donors (Lipinski definition) is 1. The van der Waals surface area contributed by atoms with Crippen LogP contribution in [0.4, 0.5) is 11.4 Å². The van der Waals surface area contributed by atoms with Crippen LogP contribution in [0, 0.1) is 17.0 Å². The first kappa shape index (κ1) is 14.4. The number of anilines is 1. The van der Waals surface area contributed by atoms with E-state index in [0.29, 0.717) is 28.7 Å². The van der Waals surface area contributed by atoms with Crippen molar-refractivity contribution in [2.45, 2.75) is 6.92 Å². The quantitative estimate of drug-likeness (QED) is 0.531. The first-order valence-electron chi connectivity index (χ1n) is 6.13. The summed E-state index contributed by atoms with van der Waals surface area (Å²) in [5.74, 6) is -0.360. The molecule has 0 aliphatic heterocycles. The standard InChI is InChI=1S/C15H12N2O4/c1-10-8-13(17(20)21)6-7-14(10)15(19)16-12-4-2-11(9-18)3-5-12/h2-9H,1H3,(H,16,19). The van der Waals surface area contributed by atoms with E-state index < -0.39 is 4.92 Å². The van der Waals surface area contributed by atoms with Crippen molar-refractivity contribution < 1.29 is 14.5 Å². The molecule has 0 fully saturated rings. The molecule has 0 saturated heterocycles. The van der Waals surface area contributed by atoms with E-state index in [9.17, 15) is 19.7 Å². The third-order valence-electron chi connectivity index (χ3n) is 2.97. The maximum absolute atomic E-state index is 12.1. The highest BCUT2D eigenvalue weighted by atomic mass is 16.6. The van der Waals surface area contributed by atoms with E-state index in [-0.39, 0.29) is 11.6 Å². The molecule has 1 N–H and O–H groups in total. The van der Waals surface area contributed by atoms with Gasteiger partial charge in [-0.15, -0.1) is 0 Å². The molecule has 21 heavy (non-hydrogen) atoms. The minimum Gasteiger partial charge on any atom is -0.322 e. The summed E-state index contributed by atoms with van der Waals surface area (Å²) >= 11 is 0. The number of hydrogen-bond acceptors (Lipinski definition) is 4. The van der Waals surface area contributed by atoms with Crippen LogP contribution in [0.3, 0.4) is 0 Å². The molecule has 6 nitrogen and oxygen atoms in total. The van der Waals surface area contributed by atoms with E-state index in [4.69, 9.17) is 0 Å². The minimum atomic E-state index is -0.507. The Labute approximate surface area is 120 Å². The Balaban J connectivity index is 2.19. The maximum atomic E-state index is 12.1. The van der Waals surface area contributed by atoms with Crippen molar-refractivity contribution in [2.24, 2.45) is 0 Å². The third kappa shape index (κ3) is 3.30. The highest BCUT2D eigenvalue weighted by molar-refractivity contribution is 6.05. The second kappa shape index (κ2) is 5.96. The van der Waals surface area contributed by atoms with Gasteiger partial charge >= 0.3 is 0 Å². The number of amides is 1. The molecule has 0 unspecified atom stereocenters. The van der Waals surface area contributed by atoms with Crippen molar-refractivity contribution in [1.82, 2.24) is 0 Å². The lowest BCUT2D eigenvalue weighted by molar-refractivity contribution is -0.384. The topological polar surface area (TPSA) is 89.3 Å². The van der Waals surface area contributed by atoms with E-state index in [0.717, 1.165) is 0 Å². The van der Waals surface area contributed by atoms with Crippen molar-refractivity contribution in [3.8, 4) is 0 Å². The van der Waals surface area contributed by atoms with E-state index in [1.807, 2.05) is 0 Å². The third-order valence-corrected chi connectivity index (χ3v) is 2.97. The van der Waals surface area contributed by atoms with Crippen LogP contribution < -0.4 is 5.32 Å². The van der Waals surface area contributed by atoms with E-state index in [1.165, 1.54) is 18.2 Å². The number of nitrogens with zero attached hydrogens (tertiary/aromatic N) is 1. The smallest absolute Gasteiger partial charge is 0.269 e. The van der Waals surface area contributed by atoms with E-state index in [1.54, 1.807) is 31.2 Å². The van der Waals surface area contributed by atoms with Crippen LogP contribution in [0.2, 0.25) is 0 Å². The molecule has 2 aromatic rings. The van der Waals surface area contributed by atoms with Gasteiger partial charge in [0.15, 0.2) is 0 Å². The molecule has 106 valence electrons. The molecular weight excluding hydrogens is 272 g/mol. The maximum Gasteiger partial charge on any atom is 0.269 e. The van der Waals surface area contributed by atoms with Gasteiger partial charge in [0.1, 0.15) is 6.29 Å². The van der Waals surface area contributed by atoms with Gasteiger partial charge in [0.05, 0.1) is 4.92 Å². The number of benzene rings is 2. The summed E-state index contributed by atoms with van der Waals surface area (Å²) < 4.78 is 0. The summed E-state index contributed by atoms with van der Waals surface area (Å²) in [6.45, 7) is 1.64. The van der Waals surface area contributed by atoms with Gasteiger partial charge < -0.3 is 5.32 Å². The van der Waals surface area contributed by atoms with Crippen molar-refractivity contribution in [3.63, 3.8) is 0 Å². The zero-order valence-corrected chi connectivity index (χ0v) is 11.2. The van der Waals surface area contributed by atoms with Crippen LogP contribution in [0.5, 0.6) is 0 Å². The Morgan fingerprint density at radius 3 is 2.38 bits per heavy atom. The Bertz CT molecular complexity index is 708. The molecule has 0 bridgehead atoms. The molecule has 0 radical (unpaired) electrons. The minimum absolute atomic E-state index is 0.0561. The number of nitrogens with one attached hydrogen (secondary N) is 1. The number of non-ortho nitro benzene ring substituents is 1. The molecule has 0 heterocycles. The summed E-state index contributed by atoms with van der Waals surface area (Å²) in [6.07, 6.45) is 0.714. The second-order valence-electron chi connectivity index (χ2n) is 4.45. The van der Waals surface area contributed by atoms with E-state index in [2.05, 4.69) is 5.32 Å². The van der Waals surface area contributed by atoms with Gasteiger partial charge in [-0.2, -0.15) is 0 Å². The molecule has 2 aromatic carbocycles. The lowest BCUT2D eigenvalue weighted by atomic mass is 10.1. The Morgan fingerprint density at radius 2 is 1.86 bits per heavy atom. The number of nitro groups is 1. The number of aldehydes is 1. The average molecular weight is 284 g/mol. The highest BCUT2D eigenvalue weighted by Crippen LogP contribution is 2.18. The number of nitro benzene ring substituents is 1. The zero-order valence-electron chi connectivity index (χ0n) is 11.2. The molecule has 0 spiro atoms. The van der Waals surface area contributed by atoms with Gasteiger partial charge in [0.2, 0.25) is 0 Å². The normalized spacial score (nSPS) is 9.95. The molecule has 1 amide bonds. The molecular formula is C15H12N2O4. The summed E-state index contributed by atoms with van der Waals surface area (Å²) in [7, 11) is 0. The second-order valence-corrected chi connectivity index (χ2v) is 4.45. The number of carbonyl (C=O) groups is 2. The number of aryl methyl sites for hydroxylation is 1. The number of carbonyl (C=O) groups excluding carboxylic acids is 2. The highest BCUT2D eigenvalue weighted by Gasteiger charge is 2.13. The SMILES string of the molecule is Cc1cc([N+](=O)[O-])ccc1C(=O)Nc1ccc(C=O)cc1. The van der Waals surface area contributed by atoms with Crippen LogP contribution in [-0.2, 0) is 0 Å². The molecule has 0 atom stereocenters. The van der Waals surface area contributed by atoms with Gasteiger partial charge in [-0.25, -0.2) is 0 Å². The van der Waals surface area contributed by atoms with Crippen LogP contribution in [0.15, 0.2) is 42.5 Å².